The van der Waals surface area contributed by atoms with Crippen LogP contribution in [0.2, 0.25) is 5.02 Å². The number of hydrogen-bond donors (Lipinski definition) is 2. The number of ether oxygens (including phenoxy) is 1. The van der Waals surface area contributed by atoms with E-state index < -0.39 is 5.97 Å². The van der Waals surface area contributed by atoms with E-state index in [1.165, 1.54) is 12.0 Å². The zero-order valence-corrected chi connectivity index (χ0v) is 12.8. The van der Waals surface area contributed by atoms with Crippen LogP contribution in [0.1, 0.15) is 5.56 Å². The van der Waals surface area contributed by atoms with Gasteiger partial charge in [0.25, 0.3) is 0 Å². The number of aliphatic carboxylic acids is 1. The van der Waals surface area contributed by atoms with Gasteiger partial charge in [-0.1, -0.05) is 17.7 Å². The van der Waals surface area contributed by atoms with Gasteiger partial charge in [0.1, 0.15) is 0 Å². The van der Waals surface area contributed by atoms with Gasteiger partial charge < -0.3 is 15.2 Å². The van der Waals surface area contributed by atoms with Crippen LogP contribution in [0.25, 0.3) is 0 Å². The SMILES string of the molecule is COCCN(CC(=O)O)CC(=O)Nc1cccc(Cl)c1C. The van der Waals surface area contributed by atoms with Gasteiger partial charge in [0.05, 0.1) is 19.7 Å². The summed E-state index contributed by atoms with van der Waals surface area (Å²) in [6.07, 6.45) is 0. The molecule has 0 spiro atoms. The smallest absolute Gasteiger partial charge is 0.317 e. The van der Waals surface area contributed by atoms with E-state index in [-0.39, 0.29) is 19.0 Å². The summed E-state index contributed by atoms with van der Waals surface area (Å²) in [5, 5.41) is 12.1. The first-order valence-electron chi connectivity index (χ1n) is 6.42. The Kier molecular flexibility index (Phi) is 7.14. The van der Waals surface area contributed by atoms with E-state index in [0.29, 0.717) is 23.9 Å². The standard InChI is InChI=1S/C14H19ClN2O4/c1-10-11(15)4-3-5-12(10)16-13(18)8-17(6-7-21-2)9-14(19)20/h3-5H,6-9H2,1-2H3,(H,16,18)(H,19,20). The molecule has 0 heterocycles. The molecule has 0 aromatic heterocycles. The number of amides is 1. The third kappa shape index (κ3) is 6.12. The van der Waals surface area contributed by atoms with Gasteiger partial charge in [0.2, 0.25) is 5.91 Å². The first-order valence-corrected chi connectivity index (χ1v) is 6.80. The fraction of sp³-hybridized carbons (Fsp3) is 0.429. The second kappa shape index (κ2) is 8.61. The first kappa shape index (κ1) is 17.4. The van der Waals surface area contributed by atoms with E-state index in [1.807, 2.05) is 0 Å². The van der Waals surface area contributed by atoms with E-state index in [2.05, 4.69) is 5.32 Å². The monoisotopic (exact) mass is 314 g/mol. The number of carbonyl (C=O) groups excluding carboxylic acids is 1. The van der Waals surface area contributed by atoms with Gasteiger partial charge in [0.15, 0.2) is 0 Å². The summed E-state index contributed by atoms with van der Waals surface area (Å²) in [6.45, 7) is 2.28. The Morgan fingerprint density at radius 1 is 1.38 bits per heavy atom. The van der Waals surface area contributed by atoms with Crippen molar-refractivity contribution in [2.24, 2.45) is 0 Å². The van der Waals surface area contributed by atoms with Crippen molar-refractivity contribution < 1.29 is 19.4 Å². The van der Waals surface area contributed by atoms with Crippen LogP contribution in [0.15, 0.2) is 18.2 Å². The largest absolute Gasteiger partial charge is 0.480 e. The van der Waals surface area contributed by atoms with Crippen LogP contribution in [-0.2, 0) is 14.3 Å². The highest BCUT2D eigenvalue weighted by atomic mass is 35.5. The van der Waals surface area contributed by atoms with Crippen molar-refractivity contribution in [1.29, 1.82) is 0 Å². The quantitative estimate of drug-likeness (QED) is 0.762. The molecule has 0 unspecified atom stereocenters. The summed E-state index contributed by atoms with van der Waals surface area (Å²) in [6, 6.07) is 5.22. The number of anilines is 1. The fourth-order valence-electron chi connectivity index (χ4n) is 1.76. The average molecular weight is 315 g/mol. The molecule has 7 heteroatoms. The first-order chi connectivity index (χ1) is 9.93. The molecular weight excluding hydrogens is 296 g/mol. The molecule has 0 saturated carbocycles. The predicted molar refractivity (Wildman–Crippen MR) is 80.8 cm³/mol. The molecule has 0 saturated heterocycles. The Hall–Kier alpha value is -1.63. The zero-order chi connectivity index (χ0) is 15.8. The predicted octanol–water partition coefficient (Wildman–Crippen LogP) is 1.62. The van der Waals surface area contributed by atoms with E-state index in [0.717, 1.165) is 5.56 Å². The van der Waals surface area contributed by atoms with Crippen molar-refractivity contribution in [2.45, 2.75) is 6.92 Å². The summed E-state index contributed by atoms with van der Waals surface area (Å²) in [5.74, 6) is -1.28. The number of carboxylic acids is 1. The Morgan fingerprint density at radius 3 is 2.71 bits per heavy atom. The number of halogens is 1. The highest BCUT2D eigenvalue weighted by molar-refractivity contribution is 6.31. The third-order valence-corrected chi connectivity index (χ3v) is 3.29. The van der Waals surface area contributed by atoms with Crippen LogP contribution < -0.4 is 5.32 Å². The molecule has 6 nitrogen and oxygen atoms in total. The lowest BCUT2D eigenvalue weighted by molar-refractivity contribution is -0.138. The molecule has 0 aliphatic rings. The molecule has 0 aliphatic heterocycles. The van der Waals surface area contributed by atoms with Crippen LogP contribution in [-0.4, -0.2) is 55.2 Å². The van der Waals surface area contributed by atoms with Gasteiger partial charge in [-0.05, 0) is 24.6 Å². The van der Waals surface area contributed by atoms with Crippen LogP contribution in [0, 0.1) is 6.92 Å². The van der Waals surface area contributed by atoms with Crippen LogP contribution in [0.5, 0.6) is 0 Å². The lowest BCUT2D eigenvalue weighted by Crippen LogP contribution is -2.38. The Bertz CT molecular complexity index is 508. The van der Waals surface area contributed by atoms with Crippen LogP contribution in [0.4, 0.5) is 5.69 Å². The molecule has 1 aromatic carbocycles. The lowest BCUT2D eigenvalue weighted by atomic mass is 10.2. The normalized spacial score (nSPS) is 10.7. The van der Waals surface area contributed by atoms with Crippen LogP contribution in [0.3, 0.4) is 0 Å². The highest BCUT2D eigenvalue weighted by Gasteiger charge is 2.14. The molecule has 0 bridgehead atoms. The second-order valence-corrected chi connectivity index (χ2v) is 4.96. The highest BCUT2D eigenvalue weighted by Crippen LogP contribution is 2.22. The van der Waals surface area contributed by atoms with Crippen molar-refractivity contribution in [3.8, 4) is 0 Å². The average Bonchev–Trinajstić information content (AvgIpc) is 2.40. The molecule has 0 aliphatic carbocycles. The van der Waals surface area contributed by atoms with E-state index in [4.69, 9.17) is 21.4 Å². The number of carboxylic acid groups (broad SMARTS) is 1. The molecular formula is C14H19ClN2O4. The van der Waals surface area contributed by atoms with Gasteiger partial charge in [0, 0.05) is 24.4 Å². The molecule has 21 heavy (non-hydrogen) atoms. The number of carbonyl (C=O) groups is 2. The number of hydrogen-bond acceptors (Lipinski definition) is 4. The molecule has 2 N–H and O–H groups in total. The number of nitrogens with zero attached hydrogens (tertiary/aromatic N) is 1. The molecule has 116 valence electrons. The minimum atomic E-state index is -0.988. The van der Waals surface area contributed by atoms with Gasteiger partial charge >= 0.3 is 5.97 Å². The third-order valence-electron chi connectivity index (χ3n) is 2.88. The summed E-state index contributed by atoms with van der Waals surface area (Å²) in [5.41, 5.74) is 1.39. The maximum atomic E-state index is 12.0. The molecule has 0 fully saturated rings. The Morgan fingerprint density at radius 2 is 2.10 bits per heavy atom. The molecule has 0 radical (unpaired) electrons. The van der Waals surface area contributed by atoms with Gasteiger partial charge in [-0.25, -0.2) is 0 Å². The summed E-state index contributed by atoms with van der Waals surface area (Å²) in [7, 11) is 1.52. The van der Waals surface area contributed by atoms with Crippen molar-refractivity contribution in [1.82, 2.24) is 4.90 Å². The molecule has 1 amide bonds. The van der Waals surface area contributed by atoms with Crippen LogP contribution >= 0.6 is 11.6 Å². The van der Waals surface area contributed by atoms with E-state index in [1.54, 1.807) is 25.1 Å². The number of benzene rings is 1. The topological polar surface area (TPSA) is 78.9 Å². The number of methoxy groups -OCH3 is 1. The minimum absolute atomic E-state index is 0.0262. The number of nitrogens with one attached hydrogen (secondary N) is 1. The minimum Gasteiger partial charge on any atom is -0.480 e. The Labute approximate surface area is 128 Å². The van der Waals surface area contributed by atoms with Gasteiger partial charge in [-0.2, -0.15) is 0 Å². The van der Waals surface area contributed by atoms with Crippen molar-refractivity contribution in [3.05, 3.63) is 28.8 Å². The van der Waals surface area contributed by atoms with E-state index in [9.17, 15) is 9.59 Å². The fourth-order valence-corrected chi connectivity index (χ4v) is 1.94. The molecule has 1 rings (SSSR count). The molecule has 0 atom stereocenters. The van der Waals surface area contributed by atoms with Crippen molar-refractivity contribution >= 4 is 29.2 Å². The second-order valence-electron chi connectivity index (χ2n) is 4.56. The van der Waals surface area contributed by atoms with Crippen molar-refractivity contribution in [3.63, 3.8) is 0 Å². The van der Waals surface area contributed by atoms with Gasteiger partial charge in [-0.15, -0.1) is 0 Å². The summed E-state index contributed by atoms with van der Waals surface area (Å²) >= 11 is 5.98. The summed E-state index contributed by atoms with van der Waals surface area (Å²) < 4.78 is 4.90. The van der Waals surface area contributed by atoms with E-state index >= 15 is 0 Å². The lowest BCUT2D eigenvalue weighted by Gasteiger charge is -2.19. The van der Waals surface area contributed by atoms with Gasteiger partial charge in [-0.3, -0.25) is 14.5 Å². The summed E-state index contributed by atoms with van der Waals surface area (Å²) in [4.78, 5) is 24.3. The van der Waals surface area contributed by atoms with Crippen molar-refractivity contribution in [2.75, 3.05) is 38.7 Å². The maximum absolute atomic E-state index is 12.0. The zero-order valence-electron chi connectivity index (χ0n) is 12.1. The Balaban J connectivity index is 2.64. The molecule has 1 aromatic rings. The maximum Gasteiger partial charge on any atom is 0.317 e. The number of rotatable bonds is 8.